The fourth-order valence-corrected chi connectivity index (χ4v) is 5.51. The Kier molecular flexibility index (Phi) is 10.8. The van der Waals surface area contributed by atoms with Crippen LogP contribution in [0.3, 0.4) is 0 Å². The number of ether oxygens (including phenoxy) is 2. The molecule has 1 unspecified atom stereocenters. The Balaban J connectivity index is 1.14. The third-order valence-electron chi connectivity index (χ3n) is 7.99. The minimum atomic E-state index is -1.05. The molecule has 2 aliphatic heterocycles. The molecule has 0 saturated carbocycles. The average molecular weight is 609 g/mol. The Morgan fingerprint density at radius 1 is 1.05 bits per heavy atom. The van der Waals surface area contributed by atoms with Crippen LogP contribution >= 0.6 is 0 Å². The number of carbonyl (C=O) groups is 2. The van der Waals surface area contributed by atoms with E-state index in [1.807, 2.05) is 6.07 Å². The zero-order valence-corrected chi connectivity index (χ0v) is 24.3. The van der Waals surface area contributed by atoms with Gasteiger partial charge in [0.05, 0.1) is 36.7 Å². The molecule has 3 aromatic rings. The monoisotopic (exact) mass is 608 g/mol. The van der Waals surface area contributed by atoms with Crippen molar-refractivity contribution in [3.05, 3.63) is 95.3 Å². The molecule has 0 radical (unpaired) electrons. The minimum Gasteiger partial charge on any atom is -0.448 e. The number of hydrogen-bond acceptors (Lipinski definition) is 8. The number of nitrogens with zero attached hydrogens (tertiary/aromatic N) is 1. The van der Waals surface area contributed by atoms with E-state index >= 15 is 0 Å². The number of amides is 2. The number of aromatic nitrogens is 1. The molecule has 5 rings (SSSR count). The molecular formula is C32H38F2N6O4. The molecule has 2 fully saturated rings. The Morgan fingerprint density at radius 2 is 1.75 bits per heavy atom. The first-order valence-electron chi connectivity index (χ1n) is 14.8. The number of rotatable bonds is 11. The Hall–Kier alpha value is -3.97. The number of pyridine rings is 1. The van der Waals surface area contributed by atoms with E-state index in [1.165, 1.54) is 24.3 Å². The van der Waals surface area contributed by atoms with Gasteiger partial charge in [-0.2, -0.15) is 0 Å². The Bertz CT molecular complexity index is 1330. The molecule has 234 valence electrons. The largest absolute Gasteiger partial charge is 0.448 e. The molecule has 0 spiro atoms. The minimum absolute atomic E-state index is 0.0649. The number of benzene rings is 2. The number of carbonyl (C=O) groups excluding carboxylic acids is 2. The summed E-state index contributed by atoms with van der Waals surface area (Å²) in [4.78, 5) is 29.6. The maximum atomic E-state index is 13.6. The lowest BCUT2D eigenvalue weighted by Crippen LogP contribution is -2.49. The van der Waals surface area contributed by atoms with Crippen LogP contribution in [0.15, 0.2) is 67.0 Å². The average Bonchev–Trinajstić information content (AvgIpc) is 3.55. The molecular weight excluding hydrogens is 570 g/mol. The van der Waals surface area contributed by atoms with Gasteiger partial charge >= 0.3 is 6.09 Å². The van der Waals surface area contributed by atoms with Gasteiger partial charge in [-0.25, -0.2) is 13.6 Å². The standard InChI is InChI=1S/C32H38F2N6O4/c33-23-6-1-21(2-7-23)29(22-3-8-24(34)9-4-22)30(35)31(41)40-28-17-37-13-11-20(28)5-10-27-16-38-26(18-43-27)19-44-32(42)39-25-12-14-36-15-25/h1-4,6-9,11,13,17,25-27,29-30,36,38H,5,10,12,14-16,18-19,35H2,(H,39,42)(H,40,41)/t25?,26-,27+,30-/m0/s1. The number of nitrogens with one attached hydrogen (secondary N) is 4. The van der Waals surface area contributed by atoms with Gasteiger partial charge in [0.2, 0.25) is 5.91 Å². The third-order valence-corrected chi connectivity index (χ3v) is 7.99. The van der Waals surface area contributed by atoms with Crippen molar-refractivity contribution in [2.45, 2.75) is 49.4 Å². The predicted molar refractivity (Wildman–Crippen MR) is 161 cm³/mol. The summed E-state index contributed by atoms with van der Waals surface area (Å²) in [5, 5.41) is 12.3. The van der Waals surface area contributed by atoms with Crippen molar-refractivity contribution in [3.8, 4) is 0 Å². The van der Waals surface area contributed by atoms with Crippen LogP contribution in [-0.4, -0.2) is 74.1 Å². The smallest absolute Gasteiger partial charge is 0.407 e. The highest BCUT2D eigenvalue weighted by Crippen LogP contribution is 2.29. The van der Waals surface area contributed by atoms with Gasteiger partial charge in [-0.05, 0) is 72.8 Å². The second-order valence-corrected chi connectivity index (χ2v) is 11.2. The number of nitrogens with two attached hydrogens (primary N) is 1. The van der Waals surface area contributed by atoms with Crippen molar-refractivity contribution in [2.75, 3.05) is 38.2 Å². The van der Waals surface area contributed by atoms with Crippen LogP contribution < -0.4 is 27.0 Å². The molecule has 2 saturated heterocycles. The molecule has 0 bridgehead atoms. The van der Waals surface area contributed by atoms with E-state index in [-0.39, 0.29) is 24.8 Å². The van der Waals surface area contributed by atoms with E-state index in [0.717, 1.165) is 25.1 Å². The van der Waals surface area contributed by atoms with Gasteiger partial charge in [0.25, 0.3) is 0 Å². The number of morpholine rings is 1. The SMILES string of the molecule is N[C@H](C(=O)Nc1cnccc1CC[C@@H]1CN[C@H](COC(=O)NC2CCNC2)CO1)C(c1ccc(F)cc1)c1ccc(F)cc1. The first-order valence-corrected chi connectivity index (χ1v) is 14.8. The maximum Gasteiger partial charge on any atom is 0.407 e. The van der Waals surface area contributed by atoms with E-state index in [0.29, 0.717) is 42.8 Å². The fraction of sp³-hybridized carbons (Fsp3) is 0.406. The quantitative estimate of drug-likeness (QED) is 0.224. The first kappa shape index (κ1) is 31.5. The first-order chi connectivity index (χ1) is 21.4. The summed E-state index contributed by atoms with van der Waals surface area (Å²) in [6.07, 6.45) is 4.93. The molecule has 3 heterocycles. The van der Waals surface area contributed by atoms with E-state index in [2.05, 4.69) is 26.3 Å². The number of hydrogen-bond donors (Lipinski definition) is 5. The molecule has 4 atom stereocenters. The van der Waals surface area contributed by atoms with Crippen LogP contribution in [0.1, 0.15) is 35.4 Å². The van der Waals surface area contributed by atoms with Crippen LogP contribution in [-0.2, 0) is 20.7 Å². The van der Waals surface area contributed by atoms with Crippen molar-refractivity contribution in [2.24, 2.45) is 5.73 Å². The number of anilines is 1. The van der Waals surface area contributed by atoms with Crippen LogP contribution in [0.25, 0.3) is 0 Å². The van der Waals surface area contributed by atoms with Gasteiger partial charge in [0.1, 0.15) is 18.2 Å². The van der Waals surface area contributed by atoms with Gasteiger partial charge in [0.15, 0.2) is 0 Å². The molecule has 0 aliphatic carbocycles. The zero-order chi connectivity index (χ0) is 30.9. The van der Waals surface area contributed by atoms with Crippen LogP contribution in [0.2, 0.25) is 0 Å². The van der Waals surface area contributed by atoms with Gasteiger partial charge in [-0.1, -0.05) is 24.3 Å². The van der Waals surface area contributed by atoms with Crippen LogP contribution in [0.5, 0.6) is 0 Å². The second kappa shape index (κ2) is 15.2. The van der Waals surface area contributed by atoms with Crippen molar-refractivity contribution in [3.63, 3.8) is 0 Å². The number of aryl methyl sites for hydroxylation is 1. The highest BCUT2D eigenvalue weighted by molar-refractivity contribution is 5.96. The van der Waals surface area contributed by atoms with Crippen LogP contribution in [0, 0.1) is 11.6 Å². The van der Waals surface area contributed by atoms with E-state index < -0.39 is 35.6 Å². The van der Waals surface area contributed by atoms with Crippen molar-refractivity contribution >= 4 is 17.7 Å². The molecule has 2 aromatic carbocycles. The fourth-order valence-electron chi connectivity index (χ4n) is 5.51. The third kappa shape index (κ3) is 8.56. The van der Waals surface area contributed by atoms with Gasteiger partial charge in [-0.3, -0.25) is 9.78 Å². The molecule has 6 N–H and O–H groups in total. The van der Waals surface area contributed by atoms with E-state index in [9.17, 15) is 18.4 Å². The lowest BCUT2D eigenvalue weighted by Gasteiger charge is -2.30. The van der Waals surface area contributed by atoms with E-state index in [4.69, 9.17) is 15.2 Å². The highest BCUT2D eigenvalue weighted by Gasteiger charge is 2.29. The second-order valence-electron chi connectivity index (χ2n) is 11.2. The highest BCUT2D eigenvalue weighted by atomic mass is 19.1. The summed E-state index contributed by atoms with van der Waals surface area (Å²) < 4.78 is 38.7. The molecule has 2 amide bonds. The lowest BCUT2D eigenvalue weighted by molar-refractivity contribution is -0.117. The van der Waals surface area contributed by atoms with Crippen LogP contribution in [0.4, 0.5) is 19.3 Å². The molecule has 10 nitrogen and oxygen atoms in total. The normalized spacial score (nSPS) is 20.7. The summed E-state index contributed by atoms with van der Waals surface area (Å²) in [5.41, 5.74) is 9.16. The maximum absolute atomic E-state index is 13.6. The molecule has 2 aliphatic rings. The molecule has 1 aromatic heterocycles. The molecule has 12 heteroatoms. The topological polar surface area (TPSA) is 140 Å². The predicted octanol–water partition coefficient (Wildman–Crippen LogP) is 2.84. The van der Waals surface area contributed by atoms with E-state index in [1.54, 1.807) is 36.7 Å². The van der Waals surface area contributed by atoms with Crippen molar-refractivity contribution in [1.82, 2.24) is 20.9 Å². The summed E-state index contributed by atoms with van der Waals surface area (Å²) >= 11 is 0. The molecule has 44 heavy (non-hydrogen) atoms. The van der Waals surface area contributed by atoms with Gasteiger partial charge in [-0.15, -0.1) is 0 Å². The van der Waals surface area contributed by atoms with Gasteiger partial charge < -0.3 is 36.5 Å². The summed E-state index contributed by atoms with van der Waals surface area (Å²) in [5.74, 6) is -1.92. The van der Waals surface area contributed by atoms with Crippen molar-refractivity contribution < 1.29 is 27.8 Å². The summed E-state index contributed by atoms with van der Waals surface area (Å²) in [7, 11) is 0. The zero-order valence-electron chi connectivity index (χ0n) is 24.3. The van der Waals surface area contributed by atoms with Gasteiger partial charge in [0, 0.05) is 31.2 Å². The summed E-state index contributed by atoms with van der Waals surface area (Å²) in [6.45, 7) is 2.86. The van der Waals surface area contributed by atoms with Crippen molar-refractivity contribution in [1.29, 1.82) is 0 Å². The lowest BCUT2D eigenvalue weighted by atomic mass is 9.85. The number of alkyl carbamates (subject to hydrolysis) is 1. The summed E-state index contributed by atoms with van der Waals surface area (Å²) in [6, 6.07) is 12.3. The Labute approximate surface area is 255 Å². The Morgan fingerprint density at radius 3 is 2.36 bits per heavy atom. The number of halogens is 2.